The van der Waals surface area contributed by atoms with E-state index in [1.165, 1.54) is 4.90 Å². The number of aromatic amines is 1. The molecule has 1 saturated carbocycles. The number of carbonyl (C=O) groups excluding carboxylic acids is 2. The van der Waals surface area contributed by atoms with Gasteiger partial charge in [-0.15, -0.1) is 0 Å². The number of carbonyl (C=O) groups is 2. The maximum Gasteiger partial charge on any atom is 0.328 e. The second-order valence-electron chi connectivity index (χ2n) is 17.3. The van der Waals surface area contributed by atoms with Gasteiger partial charge in [0.25, 0.3) is 5.56 Å². The van der Waals surface area contributed by atoms with Crippen molar-refractivity contribution < 1.29 is 23.8 Å². The summed E-state index contributed by atoms with van der Waals surface area (Å²) in [5.74, 6) is 7.53. The van der Waals surface area contributed by atoms with Crippen LogP contribution < -0.4 is 30.7 Å². The number of likely N-dealkylation sites (tertiary alicyclic amines) is 1. The van der Waals surface area contributed by atoms with Gasteiger partial charge in [-0.25, -0.2) is 14.8 Å². The zero-order valence-corrected chi connectivity index (χ0v) is 36.0. The fourth-order valence-corrected chi connectivity index (χ4v) is 9.13. The summed E-state index contributed by atoms with van der Waals surface area (Å²) >= 11 is 0. The highest BCUT2D eigenvalue weighted by atomic mass is 16.5. The monoisotopic (exact) mass is 841 g/mol. The third-order valence-electron chi connectivity index (χ3n) is 12.9. The Labute approximate surface area is 361 Å². The average Bonchev–Trinajstić information content (AvgIpc) is 3.97. The molecule has 1 atom stereocenters. The third kappa shape index (κ3) is 8.65. The zero-order chi connectivity index (χ0) is 43.0. The van der Waals surface area contributed by atoms with Crippen LogP contribution in [0.1, 0.15) is 69.2 Å². The number of benzene rings is 2. The van der Waals surface area contributed by atoms with Gasteiger partial charge >= 0.3 is 6.03 Å². The number of urea groups is 1. The van der Waals surface area contributed by atoms with Crippen molar-refractivity contribution in [3.05, 3.63) is 76.5 Å². The number of fused-ring (bicyclic) bond motifs is 2. The molecule has 0 radical (unpaired) electrons. The van der Waals surface area contributed by atoms with Gasteiger partial charge in [0.05, 0.1) is 43.3 Å². The van der Waals surface area contributed by atoms with Crippen LogP contribution in [0.3, 0.4) is 0 Å². The van der Waals surface area contributed by atoms with Crippen LogP contribution in [0.4, 0.5) is 16.4 Å². The Kier molecular flexibility index (Phi) is 11.7. The first-order valence-electron chi connectivity index (χ1n) is 21.7. The normalized spacial score (nSPS) is 19.1. The standard InChI is InChI=1S/C47H55N9O6/c1-47(49-19-5-6-30-7-12-39(61-4)38(26-30)56-23-16-41(57)51-46(56)59)17-24-54(25-18-47)32-14-21-55(22-15-32)45-50-37-11-8-31(36-28-53(2)44(58)43-34(36)13-20-48-43)27-35(37)42(52-45)40(29-60-3)62-33-9-10-33/h7-8,11-13,20,26-28,32-33,40,48-49H,9-10,14-19,21-25,29H2,1-4H3,(H,51,57,59). The molecule has 15 nitrogen and oxygen atoms in total. The van der Waals surface area contributed by atoms with Crippen molar-refractivity contribution in [2.75, 3.05) is 69.9 Å². The molecule has 5 aromatic rings. The van der Waals surface area contributed by atoms with Crippen LogP contribution in [0.2, 0.25) is 0 Å². The van der Waals surface area contributed by atoms with Crippen LogP contribution in [-0.4, -0.2) is 114 Å². The molecule has 9 rings (SSSR count). The van der Waals surface area contributed by atoms with Crippen molar-refractivity contribution in [2.45, 2.75) is 75.7 Å². The zero-order valence-electron chi connectivity index (χ0n) is 36.0. The van der Waals surface area contributed by atoms with Crippen LogP contribution in [-0.2, 0) is 21.3 Å². The smallest absolute Gasteiger partial charge is 0.328 e. The molecule has 3 aliphatic heterocycles. The van der Waals surface area contributed by atoms with E-state index in [9.17, 15) is 14.4 Å². The lowest BCUT2D eigenvalue weighted by molar-refractivity contribution is -0.120. The fraction of sp³-hybridized carbons (Fsp3) is 0.468. The molecule has 3 N–H and O–H groups in total. The van der Waals surface area contributed by atoms with Crippen LogP contribution in [0.15, 0.2) is 59.7 Å². The maximum atomic E-state index is 12.8. The number of H-pyrrole nitrogens is 1. The molecule has 6 heterocycles. The maximum absolute atomic E-state index is 12.8. The van der Waals surface area contributed by atoms with Crippen molar-refractivity contribution in [1.82, 2.24) is 35.1 Å². The van der Waals surface area contributed by atoms with E-state index >= 15 is 0 Å². The van der Waals surface area contributed by atoms with E-state index in [2.05, 4.69) is 62.4 Å². The molecule has 0 bridgehead atoms. The summed E-state index contributed by atoms with van der Waals surface area (Å²) in [5.41, 5.74) is 5.51. The summed E-state index contributed by atoms with van der Waals surface area (Å²) in [5, 5.41) is 7.90. The molecule has 3 amide bonds. The van der Waals surface area contributed by atoms with E-state index in [-0.39, 0.29) is 35.6 Å². The van der Waals surface area contributed by atoms with E-state index in [1.807, 2.05) is 36.7 Å². The molecule has 2 aromatic carbocycles. The van der Waals surface area contributed by atoms with E-state index < -0.39 is 6.03 Å². The molecule has 3 saturated heterocycles. The number of anilines is 2. The van der Waals surface area contributed by atoms with Crippen LogP contribution in [0, 0.1) is 11.8 Å². The summed E-state index contributed by atoms with van der Waals surface area (Å²) in [6, 6.07) is 13.8. The van der Waals surface area contributed by atoms with Crippen LogP contribution >= 0.6 is 0 Å². The predicted molar refractivity (Wildman–Crippen MR) is 239 cm³/mol. The highest BCUT2D eigenvalue weighted by molar-refractivity contribution is 6.06. The van der Waals surface area contributed by atoms with E-state index in [0.717, 1.165) is 109 Å². The van der Waals surface area contributed by atoms with E-state index in [1.54, 1.807) is 25.8 Å². The predicted octanol–water partition coefficient (Wildman–Crippen LogP) is 5.26. The second kappa shape index (κ2) is 17.5. The lowest BCUT2D eigenvalue weighted by Crippen LogP contribution is -2.55. The molecule has 62 heavy (non-hydrogen) atoms. The SMILES string of the molecule is COCC(OC1CC1)c1nc(N2CCC(N3CCC(C)(NCC#Cc4ccc(OC)c(N5CCC(=O)NC5=O)c4)CC3)CC2)nc2ccc(-c3cn(C)c(=O)c4[nH]ccc34)cc12. The van der Waals surface area contributed by atoms with Crippen LogP contribution in [0.25, 0.3) is 32.9 Å². The Bertz CT molecular complexity index is 2610. The van der Waals surface area contributed by atoms with Gasteiger partial charge in [-0.05, 0) is 87.4 Å². The average molecular weight is 842 g/mol. The molecule has 4 fully saturated rings. The van der Waals surface area contributed by atoms with Crippen molar-refractivity contribution in [3.63, 3.8) is 0 Å². The first-order chi connectivity index (χ1) is 30.1. The van der Waals surface area contributed by atoms with Crippen LogP contribution in [0.5, 0.6) is 5.75 Å². The number of rotatable bonds is 12. The lowest BCUT2D eigenvalue weighted by Gasteiger charge is -2.45. The summed E-state index contributed by atoms with van der Waals surface area (Å²) in [6.45, 7) is 7.29. The number of piperidine rings is 2. The Balaban J connectivity index is 0.844. The van der Waals surface area contributed by atoms with Crippen molar-refractivity contribution >= 4 is 45.4 Å². The number of pyridine rings is 1. The number of ether oxygens (including phenoxy) is 3. The third-order valence-corrected chi connectivity index (χ3v) is 12.9. The van der Waals surface area contributed by atoms with Gasteiger partial charge in [0.15, 0.2) is 0 Å². The summed E-state index contributed by atoms with van der Waals surface area (Å²) in [6.07, 6.45) is 10.0. The number of methoxy groups -OCH3 is 2. The number of nitrogens with one attached hydrogen (secondary N) is 3. The number of nitrogens with zero attached hydrogens (tertiary/aromatic N) is 6. The van der Waals surface area contributed by atoms with Gasteiger partial charge in [0, 0.05) is 99.2 Å². The number of hydrogen-bond acceptors (Lipinski definition) is 11. The number of aromatic nitrogens is 4. The first-order valence-corrected chi connectivity index (χ1v) is 21.7. The molecule has 15 heteroatoms. The van der Waals surface area contributed by atoms with Crippen molar-refractivity contribution in [1.29, 1.82) is 0 Å². The Hall–Kier alpha value is -5.79. The summed E-state index contributed by atoms with van der Waals surface area (Å²) in [4.78, 5) is 57.1. The van der Waals surface area contributed by atoms with Crippen molar-refractivity contribution in [2.24, 2.45) is 7.05 Å². The number of amides is 3. The van der Waals surface area contributed by atoms with Gasteiger partial charge in [0.2, 0.25) is 11.9 Å². The topological polar surface area (TPSA) is 159 Å². The molecular formula is C47H55N9O6. The number of hydrogen-bond donors (Lipinski definition) is 3. The number of imide groups is 1. The first kappa shape index (κ1) is 41.6. The molecule has 1 aliphatic carbocycles. The summed E-state index contributed by atoms with van der Waals surface area (Å²) in [7, 11) is 5.05. The second-order valence-corrected chi connectivity index (χ2v) is 17.3. The summed E-state index contributed by atoms with van der Waals surface area (Å²) < 4.78 is 19.4. The lowest BCUT2D eigenvalue weighted by atomic mass is 9.88. The highest BCUT2D eigenvalue weighted by Gasteiger charge is 2.35. The molecule has 3 aromatic heterocycles. The molecule has 1 unspecified atom stereocenters. The number of aryl methyl sites for hydroxylation is 1. The van der Waals surface area contributed by atoms with Crippen molar-refractivity contribution in [3.8, 4) is 28.7 Å². The minimum Gasteiger partial charge on any atom is -0.495 e. The van der Waals surface area contributed by atoms with Gasteiger partial charge in [-0.3, -0.25) is 19.8 Å². The molecule has 4 aliphatic rings. The minimum atomic E-state index is -0.454. The highest BCUT2D eigenvalue weighted by Crippen LogP contribution is 2.37. The Morgan fingerprint density at radius 2 is 1.76 bits per heavy atom. The molecular weight excluding hydrogens is 787 g/mol. The van der Waals surface area contributed by atoms with E-state index in [4.69, 9.17) is 24.2 Å². The fourth-order valence-electron chi connectivity index (χ4n) is 9.13. The van der Waals surface area contributed by atoms with Gasteiger partial charge in [-0.2, -0.15) is 0 Å². The van der Waals surface area contributed by atoms with Gasteiger partial charge < -0.3 is 38.9 Å². The van der Waals surface area contributed by atoms with E-state index in [0.29, 0.717) is 42.7 Å². The Morgan fingerprint density at radius 1 is 0.952 bits per heavy atom. The molecule has 324 valence electrons. The minimum absolute atomic E-state index is 0.0172. The molecule has 0 spiro atoms. The largest absolute Gasteiger partial charge is 0.495 e. The Morgan fingerprint density at radius 3 is 2.50 bits per heavy atom. The quantitative estimate of drug-likeness (QED) is 0.141. The van der Waals surface area contributed by atoms with Gasteiger partial charge in [-0.1, -0.05) is 17.9 Å². The van der Waals surface area contributed by atoms with Gasteiger partial charge in [0.1, 0.15) is 17.4 Å².